The molecule has 5 heteroatoms. The fourth-order valence-corrected chi connectivity index (χ4v) is 2.61. The lowest BCUT2D eigenvalue weighted by molar-refractivity contribution is 0.415. The SMILES string of the molecule is Br.COc1ccc(Nc2nc(-c3ccccc3)cs2)cc1. The second kappa shape index (κ2) is 7.24. The van der Waals surface area contributed by atoms with Crippen molar-refractivity contribution in [2.75, 3.05) is 12.4 Å². The molecule has 0 spiro atoms. The minimum atomic E-state index is 0. The lowest BCUT2D eigenvalue weighted by Crippen LogP contribution is -1.90. The number of hydrogen-bond donors (Lipinski definition) is 1. The zero-order valence-corrected chi connectivity index (χ0v) is 14.0. The van der Waals surface area contributed by atoms with Crippen molar-refractivity contribution in [1.82, 2.24) is 4.98 Å². The van der Waals surface area contributed by atoms with Crippen molar-refractivity contribution >= 4 is 39.1 Å². The molecule has 0 saturated carbocycles. The van der Waals surface area contributed by atoms with E-state index >= 15 is 0 Å². The predicted octanol–water partition coefficient (Wildman–Crippen LogP) is 5.14. The van der Waals surface area contributed by atoms with E-state index in [0.29, 0.717) is 0 Å². The fourth-order valence-electron chi connectivity index (χ4n) is 1.87. The molecule has 0 atom stereocenters. The maximum atomic E-state index is 5.14. The largest absolute Gasteiger partial charge is 0.497 e. The lowest BCUT2D eigenvalue weighted by Gasteiger charge is -2.03. The normalized spacial score (nSPS) is 9.76. The summed E-state index contributed by atoms with van der Waals surface area (Å²) in [6.07, 6.45) is 0. The first kappa shape index (κ1) is 15.5. The number of nitrogens with one attached hydrogen (secondary N) is 1. The van der Waals surface area contributed by atoms with Crippen molar-refractivity contribution in [2.45, 2.75) is 0 Å². The van der Waals surface area contributed by atoms with Crippen molar-refractivity contribution in [3.05, 3.63) is 60.0 Å². The number of thiazole rings is 1. The smallest absolute Gasteiger partial charge is 0.187 e. The Labute approximate surface area is 138 Å². The third-order valence-corrected chi connectivity index (χ3v) is 3.67. The second-order valence-electron chi connectivity index (χ2n) is 4.26. The molecular formula is C16H15BrN2OS. The molecule has 0 bridgehead atoms. The average Bonchev–Trinajstić information content (AvgIpc) is 2.97. The Morgan fingerprint density at radius 2 is 1.71 bits per heavy atom. The van der Waals surface area contributed by atoms with Crippen molar-refractivity contribution in [1.29, 1.82) is 0 Å². The quantitative estimate of drug-likeness (QED) is 0.697. The van der Waals surface area contributed by atoms with Crippen LogP contribution >= 0.6 is 28.3 Å². The first-order valence-electron chi connectivity index (χ1n) is 6.27. The van der Waals surface area contributed by atoms with Gasteiger partial charge in [0.1, 0.15) is 5.75 Å². The zero-order valence-electron chi connectivity index (χ0n) is 11.4. The highest BCUT2D eigenvalue weighted by molar-refractivity contribution is 8.93. The van der Waals surface area contributed by atoms with Crippen LogP contribution in [0.25, 0.3) is 11.3 Å². The highest BCUT2D eigenvalue weighted by Gasteiger charge is 2.04. The highest BCUT2D eigenvalue weighted by Crippen LogP contribution is 2.27. The number of hydrogen-bond acceptors (Lipinski definition) is 4. The van der Waals surface area contributed by atoms with Gasteiger partial charge in [-0.3, -0.25) is 0 Å². The van der Waals surface area contributed by atoms with Crippen LogP contribution in [0.3, 0.4) is 0 Å². The van der Waals surface area contributed by atoms with Crippen LogP contribution < -0.4 is 10.1 Å². The molecule has 0 unspecified atom stereocenters. The Hall–Kier alpha value is -1.85. The molecule has 1 heterocycles. The molecule has 3 rings (SSSR count). The summed E-state index contributed by atoms with van der Waals surface area (Å²) >= 11 is 1.60. The van der Waals surface area contributed by atoms with Crippen LogP contribution in [-0.2, 0) is 0 Å². The van der Waals surface area contributed by atoms with E-state index in [1.807, 2.05) is 42.5 Å². The maximum Gasteiger partial charge on any atom is 0.187 e. The molecule has 0 aliphatic carbocycles. The van der Waals surface area contributed by atoms with Gasteiger partial charge in [0.05, 0.1) is 12.8 Å². The molecule has 3 aromatic rings. The van der Waals surface area contributed by atoms with Gasteiger partial charge in [-0.15, -0.1) is 28.3 Å². The monoisotopic (exact) mass is 362 g/mol. The van der Waals surface area contributed by atoms with E-state index in [0.717, 1.165) is 27.8 Å². The van der Waals surface area contributed by atoms with E-state index in [1.54, 1.807) is 18.4 Å². The van der Waals surface area contributed by atoms with Crippen molar-refractivity contribution in [2.24, 2.45) is 0 Å². The molecule has 0 fully saturated rings. The Kier molecular flexibility index (Phi) is 5.36. The number of halogens is 1. The van der Waals surface area contributed by atoms with Crippen LogP contribution in [0.2, 0.25) is 0 Å². The molecule has 2 aromatic carbocycles. The van der Waals surface area contributed by atoms with Crippen LogP contribution in [0.4, 0.5) is 10.8 Å². The van der Waals surface area contributed by atoms with E-state index in [9.17, 15) is 0 Å². The molecule has 1 N–H and O–H groups in total. The highest BCUT2D eigenvalue weighted by atomic mass is 79.9. The summed E-state index contributed by atoms with van der Waals surface area (Å²) in [5.41, 5.74) is 3.12. The van der Waals surface area contributed by atoms with Gasteiger partial charge in [-0.1, -0.05) is 30.3 Å². The molecule has 0 aliphatic rings. The Morgan fingerprint density at radius 1 is 1.00 bits per heavy atom. The van der Waals surface area contributed by atoms with Gasteiger partial charge >= 0.3 is 0 Å². The van der Waals surface area contributed by atoms with Gasteiger partial charge < -0.3 is 10.1 Å². The van der Waals surface area contributed by atoms with Gasteiger partial charge in [0.25, 0.3) is 0 Å². The standard InChI is InChI=1S/C16H14N2OS.BrH/c1-19-14-9-7-13(8-10-14)17-16-18-15(11-20-16)12-5-3-2-4-6-12;/h2-11H,1H3,(H,17,18);1H. The molecule has 108 valence electrons. The van der Waals surface area contributed by atoms with Gasteiger partial charge in [0, 0.05) is 16.6 Å². The van der Waals surface area contributed by atoms with Crippen molar-refractivity contribution < 1.29 is 4.74 Å². The third kappa shape index (κ3) is 3.83. The molecule has 21 heavy (non-hydrogen) atoms. The fraction of sp³-hybridized carbons (Fsp3) is 0.0625. The Morgan fingerprint density at radius 3 is 2.38 bits per heavy atom. The van der Waals surface area contributed by atoms with Crippen LogP contribution in [0.15, 0.2) is 60.0 Å². The number of ether oxygens (including phenoxy) is 1. The summed E-state index contributed by atoms with van der Waals surface area (Å²) in [5.74, 6) is 0.847. The number of aromatic nitrogens is 1. The molecule has 1 aromatic heterocycles. The number of anilines is 2. The summed E-state index contributed by atoms with van der Waals surface area (Å²) in [6, 6.07) is 18.0. The summed E-state index contributed by atoms with van der Waals surface area (Å²) in [7, 11) is 1.66. The van der Waals surface area contributed by atoms with E-state index in [4.69, 9.17) is 4.74 Å². The molecule has 0 radical (unpaired) electrons. The van der Waals surface area contributed by atoms with Gasteiger partial charge in [-0.2, -0.15) is 0 Å². The number of methoxy groups -OCH3 is 1. The van der Waals surface area contributed by atoms with E-state index in [-0.39, 0.29) is 17.0 Å². The first-order valence-corrected chi connectivity index (χ1v) is 7.15. The van der Waals surface area contributed by atoms with Gasteiger partial charge in [-0.05, 0) is 24.3 Å². The minimum Gasteiger partial charge on any atom is -0.497 e. The van der Waals surface area contributed by atoms with E-state index in [1.165, 1.54) is 0 Å². The molecular weight excluding hydrogens is 348 g/mol. The second-order valence-corrected chi connectivity index (χ2v) is 5.12. The number of nitrogens with zero attached hydrogens (tertiary/aromatic N) is 1. The van der Waals surface area contributed by atoms with Gasteiger partial charge in [0.15, 0.2) is 5.13 Å². The van der Waals surface area contributed by atoms with E-state index < -0.39 is 0 Å². The zero-order chi connectivity index (χ0) is 13.8. The van der Waals surface area contributed by atoms with Gasteiger partial charge in [-0.25, -0.2) is 4.98 Å². The summed E-state index contributed by atoms with van der Waals surface area (Å²) < 4.78 is 5.14. The number of benzene rings is 2. The van der Waals surface area contributed by atoms with Crippen molar-refractivity contribution in [3.63, 3.8) is 0 Å². The number of rotatable bonds is 4. The summed E-state index contributed by atoms with van der Waals surface area (Å²) in [5, 5.41) is 6.24. The first-order chi connectivity index (χ1) is 9.85. The van der Waals surface area contributed by atoms with Crippen LogP contribution in [-0.4, -0.2) is 12.1 Å². The maximum absolute atomic E-state index is 5.14. The predicted molar refractivity (Wildman–Crippen MR) is 94.1 cm³/mol. The molecule has 3 nitrogen and oxygen atoms in total. The average molecular weight is 363 g/mol. The topological polar surface area (TPSA) is 34.1 Å². The molecule has 0 aliphatic heterocycles. The van der Waals surface area contributed by atoms with Gasteiger partial charge in [0.2, 0.25) is 0 Å². The summed E-state index contributed by atoms with van der Waals surface area (Å²) in [4.78, 5) is 4.59. The molecule has 0 saturated heterocycles. The third-order valence-electron chi connectivity index (χ3n) is 2.92. The Balaban J connectivity index is 0.00000161. The lowest BCUT2D eigenvalue weighted by atomic mass is 10.2. The van der Waals surface area contributed by atoms with Crippen LogP contribution in [0, 0.1) is 0 Å². The van der Waals surface area contributed by atoms with E-state index in [2.05, 4.69) is 27.8 Å². The Bertz CT molecular complexity index is 683. The van der Waals surface area contributed by atoms with Crippen molar-refractivity contribution in [3.8, 4) is 17.0 Å². The van der Waals surface area contributed by atoms with Crippen LogP contribution in [0.5, 0.6) is 5.75 Å². The summed E-state index contributed by atoms with van der Waals surface area (Å²) in [6.45, 7) is 0. The minimum absolute atomic E-state index is 0. The molecule has 0 amide bonds. The van der Waals surface area contributed by atoms with Crippen LogP contribution in [0.1, 0.15) is 0 Å².